The number of carbonyl (C=O) groups excluding carboxylic acids is 1. The van der Waals surface area contributed by atoms with Crippen molar-refractivity contribution in [2.24, 2.45) is 0 Å². The quantitative estimate of drug-likeness (QED) is 0.385. The van der Waals surface area contributed by atoms with Crippen molar-refractivity contribution >= 4 is 45.0 Å². The van der Waals surface area contributed by atoms with Crippen molar-refractivity contribution in [1.82, 2.24) is 14.9 Å². The smallest absolute Gasteiger partial charge is 0.246 e. The molecule has 0 saturated carbocycles. The van der Waals surface area contributed by atoms with Gasteiger partial charge in [0.2, 0.25) is 5.91 Å². The van der Waals surface area contributed by atoms with Crippen LogP contribution < -0.4 is 4.90 Å². The number of benzene rings is 3. The van der Waals surface area contributed by atoms with Crippen molar-refractivity contribution in [3.63, 3.8) is 0 Å². The van der Waals surface area contributed by atoms with Crippen molar-refractivity contribution in [3.05, 3.63) is 77.9 Å². The number of rotatable bonds is 3. The van der Waals surface area contributed by atoms with Crippen LogP contribution in [0.3, 0.4) is 0 Å². The second-order valence-electron chi connectivity index (χ2n) is 8.08. The van der Waals surface area contributed by atoms with E-state index in [-0.39, 0.29) is 11.4 Å². The Hall–Kier alpha value is -3.51. The summed E-state index contributed by atoms with van der Waals surface area (Å²) < 4.78 is 16.0. The molecule has 2 heterocycles. The van der Waals surface area contributed by atoms with Gasteiger partial charge in [-0.2, -0.15) is 0 Å². The molecule has 1 aliphatic heterocycles. The molecule has 0 bridgehead atoms. The Morgan fingerprint density at radius 3 is 2.55 bits per heavy atom. The molecular formula is C26H22ClFN4O. The van der Waals surface area contributed by atoms with Gasteiger partial charge in [-0.15, -0.1) is 0 Å². The number of nitrogens with zero attached hydrogens (tertiary/aromatic N) is 4. The first-order chi connectivity index (χ1) is 16.0. The molecule has 3 aromatic carbocycles. The number of piperazine rings is 1. The van der Waals surface area contributed by atoms with Gasteiger partial charge in [-0.25, -0.2) is 14.4 Å². The first-order valence-electron chi connectivity index (χ1n) is 10.8. The first-order valence-corrected chi connectivity index (χ1v) is 11.2. The zero-order chi connectivity index (χ0) is 23.1. The number of carbonyl (C=O) groups is 1. The third kappa shape index (κ3) is 3.70. The minimum atomic E-state index is -0.457. The second-order valence-corrected chi connectivity index (χ2v) is 8.49. The van der Waals surface area contributed by atoms with E-state index in [1.807, 2.05) is 42.5 Å². The fraction of sp³-hybridized carbons (Fsp3) is 0.192. The molecule has 7 heteroatoms. The Balaban J connectivity index is 1.64. The number of fused-ring (bicyclic) bond motifs is 2. The molecule has 0 spiro atoms. The Labute approximate surface area is 196 Å². The number of amides is 1. The van der Waals surface area contributed by atoms with E-state index in [1.54, 1.807) is 17.9 Å². The van der Waals surface area contributed by atoms with Crippen LogP contribution in [-0.4, -0.2) is 47.0 Å². The predicted molar refractivity (Wildman–Crippen MR) is 131 cm³/mol. The Bertz CT molecular complexity index is 1410. The maximum atomic E-state index is 16.0. The molecule has 0 unspecified atom stereocenters. The standard InChI is InChI=1S/C26H22ClFN4O/c1-3-22(33)31-11-13-32(14-12-31)26-20-15-21(27)23(24(28)25(20)29-16(2)30-26)19-10-6-8-17-7-4-5-9-18(17)19/h3-10,15H,1,11-14H2,2H3. The SMILES string of the molecule is C=CC(=O)N1CCN(c2nc(C)nc3c(F)c(-c4cccc5ccccc45)c(Cl)cc23)CC1. The van der Waals surface area contributed by atoms with E-state index in [1.165, 1.54) is 6.08 Å². The van der Waals surface area contributed by atoms with Crippen LogP contribution in [0.25, 0.3) is 32.8 Å². The summed E-state index contributed by atoms with van der Waals surface area (Å²) in [6.45, 7) is 7.55. The van der Waals surface area contributed by atoms with Crippen molar-refractivity contribution in [2.45, 2.75) is 6.92 Å². The van der Waals surface area contributed by atoms with Crippen LogP contribution in [0.5, 0.6) is 0 Å². The van der Waals surface area contributed by atoms with Gasteiger partial charge >= 0.3 is 0 Å². The molecule has 4 aromatic rings. The highest BCUT2D eigenvalue weighted by molar-refractivity contribution is 6.35. The summed E-state index contributed by atoms with van der Waals surface area (Å²) in [6.07, 6.45) is 1.32. The molecule has 0 atom stereocenters. The van der Waals surface area contributed by atoms with Gasteiger partial charge in [-0.05, 0) is 35.4 Å². The molecule has 33 heavy (non-hydrogen) atoms. The highest BCUT2D eigenvalue weighted by atomic mass is 35.5. The van der Waals surface area contributed by atoms with Crippen molar-refractivity contribution in [3.8, 4) is 11.1 Å². The van der Waals surface area contributed by atoms with Crippen LogP contribution in [0.15, 0.2) is 61.2 Å². The summed E-state index contributed by atoms with van der Waals surface area (Å²) in [5.41, 5.74) is 1.31. The molecule has 1 fully saturated rings. The van der Waals surface area contributed by atoms with Crippen LogP contribution in [0.4, 0.5) is 10.2 Å². The van der Waals surface area contributed by atoms with Gasteiger partial charge in [0.1, 0.15) is 17.2 Å². The van der Waals surface area contributed by atoms with E-state index in [9.17, 15) is 4.79 Å². The minimum Gasteiger partial charge on any atom is -0.352 e. The Morgan fingerprint density at radius 1 is 1.06 bits per heavy atom. The maximum Gasteiger partial charge on any atom is 0.246 e. The third-order valence-corrected chi connectivity index (χ3v) is 6.40. The van der Waals surface area contributed by atoms with Crippen molar-refractivity contribution < 1.29 is 9.18 Å². The summed E-state index contributed by atoms with van der Waals surface area (Å²) in [6, 6.07) is 15.4. The van der Waals surface area contributed by atoms with E-state index in [4.69, 9.17) is 11.6 Å². The zero-order valence-electron chi connectivity index (χ0n) is 18.2. The monoisotopic (exact) mass is 460 g/mol. The van der Waals surface area contributed by atoms with Gasteiger partial charge in [0.15, 0.2) is 5.82 Å². The van der Waals surface area contributed by atoms with Gasteiger partial charge < -0.3 is 9.80 Å². The summed E-state index contributed by atoms with van der Waals surface area (Å²) in [5, 5.41) is 2.81. The Morgan fingerprint density at radius 2 is 1.79 bits per heavy atom. The average molecular weight is 461 g/mol. The van der Waals surface area contributed by atoms with E-state index in [0.29, 0.717) is 53.8 Å². The zero-order valence-corrected chi connectivity index (χ0v) is 18.9. The molecule has 166 valence electrons. The lowest BCUT2D eigenvalue weighted by atomic mass is 9.96. The van der Waals surface area contributed by atoms with Gasteiger partial charge in [0.25, 0.3) is 0 Å². The van der Waals surface area contributed by atoms with Gasteiger partial charge in [-0.1, -0.05) is 60.6 Å². The molecule has 1 amide bonds. The van der Waals surface area contributed by atoms with Gasteiger partial charge in [0, 0.05) is 37.1 Å². The lowest BCUT2D eigenvalue weighted by Gasteiger charge is -2.35. The highest BCUT2D eigenvalue weighted by Crippen LogP contribution is 2.40. The summed E-state index contributed by atoms with van der Waals surface area (Å²) in [7, 11) is 0. The van der Waals surface area contributed by atoms with Crippen LogP contribution in [0.2, 0.25) is 5.02 Å². The van der Waals surface area contributed by atoms with Crippen molar-refractivity contribution in [1.29, 1.82) is 0 Å². The fourth-order valence-electron chi connectivity index (χ4n) is 4.49. The first kappa shape index (κ1) is 21.3. The fourth-order valence-corrected chi connectivity index (χ4v) is 4.78. The van der Waals surface area contributed by atoms with Crippen LogP contribution in [0, 0.1) is 12.7 Å². The number of halogens is 2. The van der Waals surface area contributed by atoms with Crippen LogP contribution in [-0.2, 0) is 4.79 Å². The number of aryl methyl sites for hydroxylation is 1. The van der Waals surface area contributed by atoms with Crippen LogP contribution >= 0.6 is 11.6 Å². The molecule has 1 aromatic heterocycles. The molecule has 0 radical (unpaired) electrons. The van der Waals surface area contributed by atoms with Crippen LogP contribution in [0.1, 0.15) is 5.82 Å². The molecular weight excluding hydrogens is 439 g/mol. The lowest BCUT2D eigenvalue weighted by Crippen LogP contribution is -2.48. The summed E-state index contributed by atoms with van der Waals surface area (Å²) in [4.78, 5) is 24.8. The second kappa shape index (κ2) is 8.45. The Kier molecular flexibility index (Phi) is 5.46. The van der Waals surface area contributed by atoms with E-state index >= 15 is 4.39 Å². The third-order valence-electron chi connectivity index (χ3n) is 6.10. The van der Waals surface area contributed by atoms with E-state index < -0.39 is 5.82 Å². The minimum absolute atomic E-state index is 0.0906. The number of anilines is 1. The van der Waals surface area contributed by atoms with Crippen molar-refractivity contribution in [2.75, 3.05) is 31.1 Å². The largest absolute Gasteiger partial charge is 0.352 e. The summed E-state index contributed by atoms with van der Waals surface area (Å²) >= 11 is 6.70. The normalized spacial score (nSPS) is 14.2. The molecule has 5 rings (SSSR count). The van der Waals surface area contributed by atoms with Gasteiger partial charge in [-0.3, -0.25) is 4.79 Å². The van der Waals surface area contributed by atoms with E-state index in [2.05, 4.69) is 21.4 Å². The molecule has 0 aliphatic carbocycles. The molecule has 1 aliphatic rings. The number of aromatic nitrogens is 2. The average Bonchev–Trinajstić information content (AvgIpc) is 2.84. The molecule has 0 N–H and O–H groups in total. The molecule has 5 nitrogen and oxygen atoms in total. The predicted octanol–water partition coefficient (Wildman–Crippen LogP) is 5.39. The number of hydrogen-bond donors (Lipinski definition) is 0. The highest BCUT2D eigenvalue weighted by Gasteiger charge is 2.25. The lowest BCUT2D eigenvalue weighted by molar-refractivity contribution is -0.126. The van der Waals surface area contributed by atoms with Gasteiger partial charge in [0.05, 0.1) is 5.02 Å². The summed E-state index contributed by atoms with van der Waals surface area (Å²) in [5.74, 6) is 0.564. The maximum absolute atomic E-state index is 16.0. The molecule has 1 saturated heterocycles. The number of hydrogen-bond acceptors (Lipinski definition) is 4. The topological polar surface area (TPSA) is 49.3 Å². The van der Waals surface area contributed by atoms with E-state index in [0.717, 1.165) is 16.3 Å².